The Morgan fingerprint density at radius 2 is 2.04 bits per heavy atom. The van der Waals surface area contributed by atoms with Crippen molar-refractivity contribution in [1.29, 1.82) is 0 Å². The molecular weight excluding hydrogens is 358 g/mol. The number of hydrogen-bond donors (Lipinski definition) is 1. The smallest absolute Gasteiger partial charge is 0.344 e. The molecule has 9 nitrogen and oxygen atoms in total. The summed E-state index contributed by atoms with van der Waals surface area (Å²) in [5, 5.41) is 11.6. The van der Waals surface area contributed by atoms with Crippen molar-refractivity contribution in [2.75, 3.05) is 0 Å². The van der Waals surface area contributed by atoms with Crippen molar-refractivity contribution in [3.05, 3.63) is 58.8 Å². The van der Waals surface area contributed by atoms with E-state index in [1.54, 1.807) is 23.7 Å². The van der Waals surface area contributed by atoms with Crippen LogP contribution in [-0.4, -0.2) is 35.0 Å². The first-order chi connectivity index (χ1) is 13.6. The van der Waals surface area contributed by atoms with Gasteiger partial charge in [0, 0.05) is 6.54 Å². The van der Waals surface area contributed by atoms with Gasteiger partial charge in [-0.05, 0) is 44.7 Å². The van der Waals surface area contributed by atoms with Crippen molar-refractivity contribution >= 4 is 5.91 Å². The van der Waals surface area contributed by atoms with Gasteiger partial charge in [0.2, 0.25) is 5.91 Å². The third kappa shape index (κ3) is 3.47. The number of rotatable bonds is 7. The van der Waals surface area contributed by atoms with Crippen molar-refractivity contribution in [2.45, 2.75) is 45.8 Å². The molecule has 28 heavy (non-hydrogen) atoms. The molecule has 1 saturated carbocycles. The van der Waals surface area contributed by atoms with E-state index in [2.05, 4.69) is 20.5 Å². The van der Waals surface area contributed by atoms with Gasteiger partial charge in [-0.25, -0.2) is 14.5 Å². The number of para-hydroxylation sites is 1. The van der Waals surface area contributed by atoms with Crippen LogP contribution in [0.5, 0.6) is 0 Å². The molecule has 1 aromatic carbocycles. The summed E-state index contributed by atoms with van der Waals surface area (Å²) in [6.07, 6.45) is 3.61. The van der Waals surface area contributed by atoms with Crippen LogP contribution in [0.3, 0.4) is 0 Å². The first-order valence-corrected chi connectivity index (χ1v) is 9.47. The SMILES string of the molecule is CCn1ncnc1[C@H](NC(=O)Cn1c(C)nn(-c2ccccc2)c1=O)C1CC1. The summed E-state index contributed by atoms with van der Waals surface area (Å²) in [6, 6.07) is 8.98. The Hall–Kier alpha value is -3.23. The predicted molar refractivity (Wildman–Crippen MR) is 102 cm³/mol. The minimum absolute atomic E-state index is 0.0824. The van der Waals surface area contributed by atoms with Crippen LogP contribution >= 0.6 is 0 Å². The second-order valence-electron chi connectivity index (χ2n) is 6.98. The number of nitrogens with zero attached hydrogens (tertiary/aromatic N) is 6. The van der Waals surface area contributed by atoms with Gasteiger partial charge >= 0.3 is 5.69 Å². The zero-order valence-corrected chi connectivity index (χ0v) is 15.9. The fourth-order valence-corrected chi connectivity index (χ4v) is 3.36. The molecule has 146 valence electrons. The molecule has 4 rings (SSSR count). The Kier molecular flexibility index (Phi) is 4.81. The predicted octanol–water partition coefficient (Wildman–Crippen LogP) is 1.22. The van der Waals surface area contributed by atoms with Crippen LogP contribution in [0.4, 0.5) is 0 Å². The lowest BCUT2D eigenvalue weighted by atomic mass is 10.1. The fraction of sp³-hybridized carbons (Fsp3) is 0.421. The monoisotopic (exact) mass is 381 g/mol. The molecule has 1 N–H and O–H groups in total. The zero-order valence-electron chi connectivity index (χ0n) is 15.9. The van der Waals surface area contributed by atoms with Crippen molar-refractivity contribution < 1.29 is 4.79 Å². The summed E-state index contributed by atoms with van der Waals surface area (Å²) < 4.78 is 4.50. The third-order valence-electron chi connectivity index (χ3n) is 4.98. The second kappa shape index (κ2) is 7.41. The Morgan fingerprint density at radius 1 is 1.29 bits per heavy atom. The average Bonchev–Trinajstić information content (AvgIpc) is 3.38. The highest BCUT2D eigenvalue weighted by Gasteiger charge is 2.36. The maximum Gasteiger partial charge on any atom is 0.351 e. The standard InChI is InChI=1S/C19H23N7O2/c1-3-25-18(20-12-21-25)17(14-9-10-14)22-16(27)11-24-13(2)23-26(19(24)28)15-7-5-4-6-8-15/h4-8,12,14,17H,3,9-11H2,1-2H3,(H,22,27)/t17-/m1/s1. The van der Waals surface area contributed by atoms with Crippen LogP contribution in [0.1, 0.15) is 37.5 Å². The highest BCUT2D eigenvalue weighted by atomic mass is 16.2. The number of carbonyl (C=O) groups is 1. The molecule has 0 unspecified atom stereocenters. The largest absolute Gasteiger partial charge is 0.351 e. The lowest BCUT2D eigenvalue weighted by Gasteiger charge is -2.18. The highest BCUT2D eigenvalue weighted by Crippen LogP contribution is 2.40. The van der Waals surface area contributed by atoms with E-state index in [4.69, 9.17) is 0 Å². The molecular formula is C19H23N7O2. The van der Waals surface area contributed by atoms with Crippen LogP contribution in [-0.2, 0) is 17.9 Å². The maximum atomic E-state index is 12.7. The molecule has 0 aliphatic heterocycles. The van der Waals surface area contributed by atoms with E-state index in [-0.39, 0.29) is 24.2 Å². The minimum atomic E-state index is -0.335. The van der Waals surface area contributed by atoms with Gasteiger partial charge in [0.15, 0.2) is 0 Å². The van der Waals surface area contributed by atoms with Crippen LogP contribution in [0, 0.1) is 12.8 Å². The molecule has 0 bridgehead atoms. The summed E-state index contributed by atoms with van der Waals surface area (Å²) in [7, 11) is 0. The molecule has 2 aromatic heterocycles. The summed E-state index contributed by atoms with van der Waals surface area (Å²) >= 11 is 0. The Morgan fingerprint density at radius 3 is 2.71 bits per heavy atom. The van der Waals surface area contributed by atoms with Crippen molar-refractivity contribution in [2.24, 2.45) is 5.92 Å². The molecule has 1 aliphatic rings. The van der Waals surface area contributed by atoms with E-state index in [9.17, 15) is 9.59 Å². The number of benzene rings is 1. The van der Waals surface area contributed by atoms with Crippen LogP contribution < -0.4 is 11.0 Å². The van der Waals surface area contributed by atoms with Crippen molar-refractivity contribution in [3.8, 4) is 5.69 Å². The van der Waals surface area contributed by atoms with Gasteiger partial charge in [-0.1, -0.05) is 18.2 Å². The zero-order chi connectivity index (χ0) is 19.7. The van der Waals surface area contributed by atoms with Crippen LogP contribution in [0.25, 0.3) is 5.69 Å². The van der Waals surface area contributed by atoms with Gasteiger partial charge in [-0.2, -0.15) is 14.9 Å². The van der Waals surface area contributed by atoms with E-state index in [1.807, 2.05) is 25.1 Å². The van der Waals surface area contributed by atoms with E-state index in [1.165, 1.54) is 15.6 Å². The number of aromatic nitrogens is 6. The molecule has 9 heteroatoms. The quantitative estimate of drug-likeness (QED) is 0.663. The number of carbonyl (C=O) groups excluding carboxylic acids is 1. The summed E-state index contributed by atoms with van der Waals surface area (Å²) in [4.78, 5) is 29.8. The van der Waals surface area contributed by atoms with Crippen LogP contribution in [0.2, 0.25) is 0 Å². The van der Waals surface area contributed by atoms with Crippen molar-refractivity contribution in [1.82, 2.24) is 34.4 Å². The van der Waals surface area contributed by atoms with Gasteiger partial charge < -0.3 is 5.32 Å². The minimum Gasteiger partial charge on any atom is -0.344 e. The normalized spacial score (nSPS) is 14.8. The lowest BCUT2D eigenvalue weighted by molar-refractivity contribution is -0.122. The first kappa shape index (κ1) is 18.1. The van der Waals surface area contributed by atoms with E-state index in [0.717, 1.165) is 18.7 Å². The van der Waals surface area contributed by atoms with Gasteiger partial charge in [0.25, 0.3) is 0 Å². The van der Waals surface area contributed by atoms with Gasteiger partial charge in [0.1, 0.15) is 24.5 Å². The van der Waals surface area contributed by atoms with Gasteiger partial charge in [-0.15, -0.1) is 0 Å². The molecule has 1 aliphatic carbocycles. The van der Waals surface area contributed by atoms with E-state index >= 15 is 0 Å². The molecule has 2 heterocycles. The number of amides is 1. The number of aryl methyl sites for hydroxylation is 2. The lowest BCUT2D eigenvalue weighted by Crippen LogP contribution is -2.37. The number of hydrogen-bond acceptors (Lipinski definition) is 5. The Balaban J connectivity index is 1.54. The third-order valence-corrected chi connectivity index (χ3v) is 4.98. The molecule has 0 saturated heterocycles. The summed E-state index contributed by atoms with van der Waals surface area (Å²) in [6.45, 7) is 4.32. The number of nitrogens with one attached hydrogen (secondary N) is 1. The summed E-state index contributed by atoms with van der Waals surface area (Å²) in [5.74, 6) is 1.38. The first-order valence-electron chi connectivity index (χ1n) is 9.47. The van der Waals surface area contributed by atoms with Crippen LogP contribution in [0.15, 0.2) is 41.5 Å². The maximum absolute atomic E-state index is 12.7. The Bertz CT molecular complexity index is 1030. The van der Waals surface area contributed by atoms with Crippen molar-refractivity contribution in [3.63, 3.8) is 0 Å². The Labute approximate surface area is 162 Å². The summed E-state index contributed by atoms with van der Waals surface area (Å²) in [5.41, 5.74) is 0.334. The molecule has 1 amide bonds. The van der Waals surface area contributed by atoms with E-state index in [0.29, 0.717) is 24.0 Å². The molecule has 1 atom stereocenters. The molecule has 0 spiro atoms. The average molecular weight is 381 g/mol. The fourth-order valence-electron chi connectivity index (χ4n) is 3.36. The molecule has 1 fully saturated rings. The molecule has 3 aromatic rings. The van der Waals surface area contributed by atoms with E-state index < -0.39 is 0 Å². The van der Waals surface area contributed by atoms with Gasteiger partial charge in [-0.3, -0.25) is 9.36 Å². The molecule has 0 radical (unpaired) electrons. The highest BCUT2D eigenvalue weighted by molar-refractivity contribution is 5.76. The topological polar surface area (TPSA) is 99.6 Å². The second-order valence-corrected chi connectivity index (χ2v) is 6.98. The van der Waals surface area contributed by atoms with Gasteiger partial charge in [0.05, 0.1) is 11.7 Å².